The molecule has 0 aliphatic rings. The Bertz CT molecular complexity index is 1060. The minimum atomic E-state index is -0.188. The summed E-state index contributed by atoms with van der Waals surface area (Å²) in [5.41, 5.74) is 2.24. The van der Waals surface area contributed by atoms with Crippen LogP contribution in [-0.2, 0) is 4.79 Å². The van der Waals surface area contributed by atoms with Crippen LogP contribution in [0.2, 0.25) is 0 Å². The minimum absolute atomic E-state index is 0.0766. The van der Waals surface area contributed by atoms with Crippen LogP contribution >= 0.6 is 0 Å². The topological polar surface area (TPSA) is 115 Å². The van der Waals surface area contributed by atoms with Gasteiger partial charge in [-0.1, -0.05) is 12.1 Å². The normalized spacial score (nSPS) is 12.7. The summed E-state index contributed by atoms with van der Waals surface area (Å²) < 4.78 is 5.10. The molecule has 3 rings (SSSR count). The molecule has 0 aliphatic carbocycles. The van der Waals surface area contributed by atoms with E-state index in [9.17, 15) is 15.2 Å². The van der Waals surface area contributed by atoms with Gasteiger partial charge < -0.3 is 25.0 Å². The molecule has 8 nitrogen and oxygen atoms in total. The van der Waals surface area contributed by atoms with E-state index in [4.69, 9.17) is 4.74 Å². The van der Waals surface area contributed by atoms with Gasteiger partial charge in [0, 0.05) is 5.69 Å². The molecule has 1 amide bonds. The van der Waals surface area contributed by atoms with E-state index >= 15 is 0 Å². The summed E-state index contributed by atoms with van der Waals surface area (Å²) in [6, 6.07) is 16.5. The van der Waals surface area contributed by atoms with Crippen molar-refractivity contribution in [3.63, 3.8) is 0 Å². The zero-order valence-corrected chi connectivity index (χ0v) is 16.9. The number of carbonyl (C=O) groups is 1. The number of carbonyl (C=O) groups excluding carboxylic acids is 1. The lowest BCUT2D eigenvalue weighted by Crippen LogP contribution is -3.13. The lowest BCUT2D eigenvalue weighted by atomic mass is 10.2. The van der Waals surface area contributed by atoms with Crippen molar-refractivity contribution in [2.24, 2.45) is 0 Å². The van der Waals surface area contributed by atoms with Crippen molar-refractivity contribution < 1.29 is 19.5 Å². The van der Waals surface area contributed by atoms with Gasteiger partial charge in [0.25, 0.3) is 5.91 Å². The van der Waals surface area contributed by atoms with Crippen molar-refractivity contribution in [1.82, 2.24) is 9.97 Å². The number of H-pyrrole nitrogens is 1. The molecule has 0 aliphatic heterocycles. The van der Waals surface area contributed by atoms with Crippen LogP contribution < -0.4 is 15.0 Å². The largest absolute Gasteiger partial charge is 0.506 e. The van der Waals surface area contributed by atoms with Gasteiger partial charge >= 0.3 is 0 Å². The molecule has 1 atom stereocenters. The number of aromatic nitrogens is 2. The fourth-order valence-electron chi connectivity index (χ4n) is 3.07. The smallest absolute Gasteiger partial charge is 0.279 e. The van der Waals surface area contributed by atoms with Crippen molar-refractivity contribution in [2.75, 3.05) is 32.1 Å². The molecule has 0 spiro atoms. The van der Waals surface area contributed by atoms with Gasteiger partial charge in [-0.25, -0.2) is 4.98 Å². The molecular formula is C22H24N5O3+. The van der Waals surface area contributed by atoms with E-state index in [0.717, 1.165) is 10.4 Å². The third-order valence-corrected chi connectivity index (χ3v) is 4.73. The standard InChI is InChI=1S/C22H23N5O3/c1-3-27(14-21(29)24-15-8-10-16(30-2)11-9-15)13-20(28)17(12-23)22-25-18-6-4-5-7-19(18)26-22/h4-11,28H,3,13-14H2,1-2H3,(H,24,29)(H,25,26)/p+1/b20-17-. The summed E-state index contributed by atoms with van der Waals surface area (Å²) >= 11 is 0. The predicted octanol–water partition coefficient (Wildman–Crippen LogP) is 1.91. The summed E-state index contributed by atoms with van der Waals surface area (Å²) in [6.07, 6.45) is 0. The number of nitriles is 1. The van der Waals surface area contributed by atoms with E-state index in [1.54, 1.807) is 31.4 Å². The highest BCUT2D eigenvalue weighted by Gasteiger charge is 2.19. The summed E-state index contributed by atoms with van der Waals surface area (Å²) in [5, 5.41) is 23.0. The molecule has 0 bridgehead atoms. The molecule has 154 valence electrons. The maximum atomic E-state index is 12.4. The number of nitrogens with one attached hydrogen (secondary N) is 3. The van der Waals surface area contributed by atoms with E-state index in [1.165, 1.54) is 0 Å². The second-order valence-corrected chi connectivity index (χ2v) is 6.77. The number of aromatic amines is 1. The van der Waals surface area contributed by atoms with Gasteiger partial charge in [0.15, 0.2) is 18.1 Å². The highest BCUT2D eigenvalue weighted by molar-refractivity contribution is 5.91. The van der Waals surface area contributed by atoms with Crippen molar-refractivity contribution in [3.8, 4) is 11.8 Å². The number of amides is 1. The number of methoxy groups -OCH3 is 1. The molecule has 30 heavy (non-hydrogen) atoms. The molecule has 0 saturated heterocycles. The maximum Gasteiger partial charge on any atom is 0.279 e. The molecule has 8 heteroatoms. The average Bonchev–Trinajstić information content (AvgIpc) is 3.18. The number of aliphatic hydroxyl groups is 1. The Balaban J connectivity index is 1.69. The van der Waals surface area contributed by atoms with E-state index in [0.29, 0.717) is 29.3 Å². The molecule has 2 aromatic carbocycles. The Morgan fingerprint density at radius 2 is 1.97 bits per heavy atom. The fourth-order valence-corrected chi connectivity index (χ4v) is 3.07. The van der Waals surface area contributed by atoms with Crippen molar-refractivity contribution >= 4 is 28.2 Å². The second kappa shape index (κ2) is 9.58. The Morgan fingerprint density at radius 1 is 1.23 bits per heavy atom. The molecular weight excluding hydrogens is 382 g/mol. The molecule has 1 heterocycles. The van der Waals surface area contributed by atoms with Gasteiger partial charge in [-0.05, 0) is 43.3 Å². The quantitative estimate of drug-likeness (QED) is 0.337. The molecule has 4 N–H and O–H groups in total. The van der Waals surface area contributed by atoms with Crippen LogP contribution in [0.5, 0.6) is 5.75 Å². The number of aliphatic hydroxyl groups excluding tert-OH is 1. The number of anilines is 1. The third kappa shape index (κ3) is 4.96. The summed E-state index contributed by atoms with van der Waals surface area (Å²) in [6.45, 7) is 2.79. The molecule has 1 aromatic heterocycles. The van der Waals surface area contributed by atoms with Gasteiger partial charge in [-0.3, -0.25) is 4.79 Å². The van der Waals surface area contributed by atoms with E-state index in [2.05, 4.69) is 15.3 Å². The lowest BCUT2D eigenvalue weighted by Gasteiger charge is -2.17. The van der Waals surface area contributed by atoms with Crippen LogP contribution in [-0.4, -0.2) is 47.7 Å². The second-order valence-electron chi connectivity index (χ2n) is 6.77. The molecule has 0 radical (unpaired) electrons. The maximum absolute atomic E-state index is 12.4. The highest BCUT2D eigenvalue weighted by Crippen LogP contribution is 2.18. The van der Waals surface area contributed by atoms with Crippen LogP contribution in [0.25, 0.3) is 16.6 Å². The van der Waals surface area contributed by atoms with Gasteiger partial charge in [0.2, 0.25) is 0 Å². The number of hydrogen-bond donors (Lipinski definition) is 4. The molecule has 1 unspecified atom stereocenters. The Kier molecular flexibility index (Phi) is 6.67. The Hall–Kier alpha value is -3.83. The third-order valence-electron chi connectivity index (χ3n) is 4.73. The zero-order valence-electron chi connectivity index (χ0n) is 16.9. The number of likely N-dealkylation sites (N-methyl/N-ethyl adjacent to an activating group) is 1. The first kappa shape index (κ1) is 20.9. The summed E-state index contributed by atoms with van der Waals surface area (Å²) in [4.78, 5) is 20.6. The average molecular weight is 406 g/mol. The summed E-state index contributed by atoms with van der Waals surface area (Å²) in [7, 11) is 1.58. The van der Waals surface area contributed by atoms with Gasteiger partial charge in [0.05, 0.1) is 24.7 Å². The molecule has 0 saturated carbocycles. The number of para-hydroxylation sites is 2. The predicted molar refractivity (Wildman–Crippen MR) is 114 cm³/mol. The van der Waals surface area contributed by atoms with E-state index < -0.39 is 0 Å². The monoisotopic (exact) mass is 406 g/mol. The first-order valence-electron chi connectivity index (χ1n) is 9.58. The van der Waals surface area contributed by atoms with Crippen LogP contribution in [0.1, 0.15) is 12.7 Å². The number of quaternary nitrogens is 1. The molecule has 3 aromatic rings. The van der Waals surface area contributed by atoms with Gasteiger partial charge in [0.1, 0.15) is 23.9 Å². The van der Waals surface area contributed by atoms with Crippen LogP contribution in [0.15, 0.2) is 54.3 Å². The van der Waals surface area contributed by atoms with Crippen LogP contribution in [0, 0.1) is 11.3 Å². The zero-order chi connectivity index (χ0) is 21.5. The molecule has 0 fully saturated rings. The number of nitrogens with zero attached hydrogens (tertiary/aromatic N) is 2. The minimum Gasteiger partial charge on any atom is -0.506 e. The van der Waals surface area contributed by atoms with Gasteiger partial charge in [-0.2, -0.15) is 5.26 Å². The van der Waals surface area contributed by atoms with Gasteiger partial charge in [-0.15, -0.1) is 0 Å². The highest BCUT2D eigenvalue weighted by atomic mass is 16.5. The van der Waals surface area contributed by atoms with Crippen molar-refractivity contribution in [2.45, 2.75) is 6.92 Å². The number of hydrogen-bond acceptors (Lipinski definition) is 5. The number of ether oxygens (including phenoxy) is 1. The number of imidazole rings is 1. The number of fused-ring (bicyclic) bond motifs is 1. The lowest BCUT2D eigenvalue weighted by molar-refractivity contribution is -0.886. The fraction of sp³-hybridized carbons (Fsp3) is 0.227. The van der Waals surface area contributed by atoms with Crippen molar-refractivity contribution in [1.29, 1.82) is 5.26 Å². The first-order valence-corrected chi connectivity index (χ1v) is 9.58. The van der Waals surface area contributed by atoms with Crippen molar-refractivity contribution in [3.05, 3.63) is 60.1 Å². The number of allylic oxidation sites excluding steroid dienone is 1. The van der Waals surface area contributed by atoms with Crippen LogP contribution in [0.4, 0.5) is 5.69 Å². The SMILES string of the molecule is CC[NH+](CC(=O)Nc1ccc(OC)cc1)C/C(O)=C(\C#N)c1nc2ccccc2[nH]1. The Morgan fingerprint density at radius 3 is 2.60 bits per heavy atom. The number of benzene rings is 2. The number of rotatable bonds is 8. The van der Waals surface area contributed by atoms with E-state index in [1.807, 2.05) is 37.3 Å². The Labute approximate surface area is 174 Å². The summed E-state index contributed by atoms with van der Waals surface area (Å²) in [5.74, 6) is 0.727. The first-order chi connectivity index (χ1) is 14.5. The van der Waals surface area contributed by atoms with Crippen LogP contribution in [0.3, 0.4) is 0 Å². The van der Waals surface area contributed by atoms with E-state index in [-0.39, 0.29) is 30.3 Å².